The first-order chi connectivity index (χ1) is 18.1. The molecule has 4 rings (SSSR count). The molecule has 0 bridgehead atoms. The number of hydrogen-bond acceptors (Lipinski definition) is 5. The highest BCUT2D eigenvalue weighted by Crippen LogP contribution is 2.40. The van der Waals surface area contributed by atoms with Crippen molar-refractivity contribution in [3.8, 4) is 22.6 Å². The minimum absolute atomic E-state index is 0.0282. The minimum Gasteiger partial charge on any atom is -0.497 e. The van der Waals surface area contributed by atoms with Crippen LogP contribution in [-0.2, 0) is 21.2 Å². The SMILES string of the molecule is COc1ccc(F)c(-c2ccc(COc3cccc([C@@H](CC(=O)O)CC4CC4)c3)cc2S(=O)(=O)C(C)C)c1. The van der Waals surface area contributed by atoms with E-state index in [0.29, 0.717) is 23.0 Å². The molecule has 0 saturated heterocycles. The normalized spacial score (nSPS) is 14.3. The fourth-order valence-corrected chi connectivity index (χ4v) is 5.84. The zero-order chi connectivity index (χ0) is 27.4. The lowest BCUT2D eigenvalue weighted by Crippen LogP contribution is -2.16. The number of aliphatic carboxylic acids is 1. The fourth-order valence-electron chi connectivity index (χ4n) is 4.54. The van der Waals surface area contributed by atoms with Gasteiger partial charge in [-0.2, -0.15) is 0 Å². The lowest BCUT2D eigenvalue weighted by Gasteiger charge is -2.18. The van der Waals surface area contributed by atoms with Crippen LogP contribution in [0.1, 0.15) is 56.6 Å². The van der Waals surface area contributed by atoms with Crippen molar-refractivity contribution in [2.45, 2.75) is 62.2 Å². The molecule has 0 unspecified atom stereocenters. The topological polar surface area (TPSA) is 89.9 Å². The van der Waals surface area contributed by atoms with Crippen LogP contribution < -0.4 is 9.47 Å². The quantitative estimate of drug-likeness (QED) is 0.278. The van der Waals surface area contributed by atoms with Crippen molar-refractivity contribution < 1.29 is 32.2 Å². The Bertz CT molecular complexity index is 1410. The zero-order valence-electron chi connectivity index (χ0n) is 21.8. The minimum atomic E-state index is -3.75. The standard InChI is InChI=1S/C30H33FO6S/c1-19(2)38(34,35)29-14-21(9-11-26(29)27-17-24(36-3)10-12-28(27)31)18-37-25-6-4-5-22(15-25)23(16-30(32)33)13-20-7-8-20/h4-6,9-12,14-15,17,19-20,23H,7-8,13,16,18H2,1-3H3,(H,32,33)/t23-/m1/s1. The van der Waals surface area contributed by atoms with Crippen LogP contribution in [0.25, 0.3) is 11.1 Å². The average Bonchev–Trinajstić information content (AvgIpc) is 3.71. The number of sulfone groups is 1. The van der Waals surface area contributed by atoms with Crippen LogP contribution in [0, 0.1) is 11.7 Å². The molecule has 0 aromatic heterocycles. The number of rotatable bonds is 12. The number of benzene rings is 3. The van der Waals surface area contributed by atoms with Crippen molar-refractivity contribution in [2.24, 2.45) is 5.92 Å². The Balaban J connectivity index is 1.62. The third kappa shape index (κ3) is 6.54. The lowest BCUT2D eigenvalue weighted by molar-refractivity contribution is -0.137. The summed E-state index contributed by atoms with van der Waals surface area (Å²) in [4.78, 5) is 11.4. The number of ether oxygens (including phenoxy) is 2. The summed E-state index contributed by atoms with van der Waals surface area (Å²) in [6.45, 7) is 3.27. The van der Waals surface area contributed by atoms with E-state index in [2.05, 4.69) is 0 Å². The molecule has 1 fully saturated rings. The molecule has 0 aliphatic heterocycles. The van der Waals surface area contributed by atoms with Gasteiger partial charge in [-0.15, -0.1) is 0 Å². The molecule has 202 valence electrons. The molecular formula is C30H33FO6S. The van der Waals surface area contributed by atoms with Gasteiger partial charge in [0.05, 0.1) is 23.7 Å². The van der Waals surface area contributed by atoms with Gasteiger partial charge in [0.2, 0.25) is 0 Å². The molecule has 3 aromatic carbocycles. The number of hydrogen-bond donors (Lipinski definition) is 1. The molecule has 0 amide bonds. The van der Waals surface area contributed by atoms with E-state index < -0.39 is 26.9 Å². The highest BCUT2D eigenvalue weighted by atomic mass is 32.2. The van der Waals surface area contributed by atoms with Crippen LogP contribution in [-0.4, -0.2) is 31.9 Å². The van der Waals surface area contributed by atoms with E-state index in [9.17, 15) is 22.7 Å². The summed E-state index contributed by atoms with van der Waals surface area (Å²) in [6, 6.07) is 16.5. The number of carbonyl (C=O) groups is 1. The number of halogens is 1. The Labute approximate surface area is 223 Å². The van der Waals surface area contributed by atoms with Crippen LogP contribution in [0.5, 0.6) is 11.5 Å². The van der Waals surface area contributed by atoms with E-state index in [0.717, 1.165) is 24.8 Å². The van der Waals surface area contributed by atoms with Gasteiger partial charge in [-0.05, 0) is 79.6 Å². The zero-order valence-corrected chi connectivity index (χ0v) is 22.6. The highest BCUT2D eigenvalue weighted by Gasteiger charge is 2.28. The van der Waals surface area contributed by atoms with Crippen molar-refractivity contribution in [1.82, 2.24) is 0 Å². The maximum absolute atomic E-state index is 14.8. The highest BCUT2D eigenvalue weighted by molar-refractivity contribution is 7.92. The third-order valence-corrected chi connectivity index (χ3v) is 9.10. The largest absolute Gasteiger partial charge is 0.497 e. The molecule has 1 N–H and O–H groups in total. The maximum Gasteiger partial charge on any atom is 0.303 e. The number of methoxy groups -OCH3 is 1. The van der Waals surface area contributed by atoms with Crippen LogP contribution >= 0.6 is 0 Å². The van der Waals surface area contributed by atoms with Gasteiger partial charge >= 0.3 is 5.97 Å². The molecule has 3 aromatic rings. The second-order valence-electron chi connectivity index (χ2n) is 10.1. The van der Waals surface area contributed by atoms with E-state index in [1.165, 1.54) is 31.4 Å². The summed E-state index contributed by atoms with van der Waals surface area (Å²) in [5.41, 5.74) is 1.94. The van der Waals surface area contributed by atoms with Gasteiger partial charge in [-0.1, -0.05) is 37.1 Å². The van der Waals surface area contributed by atoms with Crippen LogP contribution in [0.15, 0.2) is 65.6 Å². The van der Waals surface area contributed by atoms with Gasteiger partial charge in [0.1, 0.15) is 23.9 Å². The molecule has 0 spiro atoms. The first-order valence-electron chi connectivity index (χ1n) is 12.7. The fraction of sp³-hybridized carbons (Fsp3) is 0.367. The second-order valence-corrected chi connectivity index (χ2v) is 12.6. The van der Waals surface area contributed by atoms with Gasteiger partial charge in [0, 0.05) is 11.1 Å². The van der Waals surface area contributed by atoms with Crippen molar-refractivity contribution in [3.63, 3.8) is 0 Å². The Hall–Kier alpha value is -3.39. The van der Waals surface area contributed by atoms with Crippen molar-refractivity contribution in [1.29, 1.82) is 0 Å². The Morgan fingerprint density at radius 1 is 1.03 bits per heavy atom. The van der Waals surface area contributed by atoms with Crippen molar-refractivity contribution in [3.05, 3.63) is 77.6 Å². The predicted octanol–water partition coefficient (Wildman–Crippen LogP) is 6.62. The molecule has 8 heteroatoms. The Morgan fingerprint density at radius 3 is 2.45 bits per heavy atom. The number of carboxylic acids is 1. The first kappa shape index (κ1) is 27.6. The Morgan fingerprint density at radius 2 is 1.79 bits per heavy atom. The molecule has 0 radical (unpaired) electrons. The summed E-state index contributed by atoms with van der Waals surface area (Å²) in [6.07, 6.45) is 3.19. The van der Waals surface area contributed by atoms with Crippen molar-refractivity contribution >= 4 is 15.8 Å². The van der Waals surface area contributed by atoms with Gasteiger partial charge < -0.3 is 14.6 Å². The molecule has 1 saturated carbocycles. The summed E-state index contributed by atoms with van der Waals surface area (Å²) < 4.78 is 52.6. The molecule has 38 heavy (non-hydrogen) atoms. The Kier molecular flexibility index (Phi) is 8.41. The summed E-state index contributed by atoms with van der Waals surface area (Å²) in [5.74, 6) is 0.123. The summed E-state index contributed by atoms with van der Waals surface area (Å²) in [7, 11) is -2.28. The molecule has 0 heterocycles. The van der Waals surface area contributed by atoms with Crippen LogP contribution in [0.3, 0.4) is 0 Å². The second kappa shape index (κ2) is 11.6. The maximum atomic E-state index is 14.8. The molecule has 1 atom stereocenters. The predicted molar refractivity (Wildman–Crippen MR) is 144 cm³/mol. The van der Waals surface area contributed by atoms with E-state index in [-0.39, 0.29) is 35.0 Å². The van der Waals surface area contributed by atoms with Gasteiger partial charge in [0.25, 0.3) is 0 Å². The lowest BCUT2D eigenvalue weighted by atomic mass is 9.90. The van der Waals surface area contributed by atoms with E-state index in [1.807, 2.05) is 18.2 Å². The smallest absolute Gasteiger partial charge is 0.303 e. The third-order valence-electron chi connectivity index (χ3n) is 6.91. The molecule has 1 aliphatic rings. The van der Waals surface area contributed by atoms with Gasteiger partial charge in [0.15, 0.2) is 9.84 Å². The molecule has 1 aliphatic carbocycles. The first-order valence-corrected chi connectivity index (χ1v) is 14.3. The summed E-state index contributed by atoms with van der Waals surface area (Å²) in [5, 5.41) is 8.66. The van der Waals surface area contributed by atoms with Crippen molar-refractivity contribution in [2.75, 3.05) is 7.11 Å². The molecule has 6 nitrogen and oxygen atoms in total. The van der Waals surface area contributed by atoms with Crippen LogP contribution in [0.2, 0.25) is 0 Å². The average molecular weight is 541 g/mol. The molecular weight excluding hydrogens is 507 g/mol. The monoisotopic (exact) mass is 540 g/mol. The van der Waals surface area contributed by atoms with Gasteiger partial charge in [-0.3, -0.25) is 4.79 Å². The summed E-state index contributed by atoms with van der Waals surface area (Å²) >= 11 is 0. The van der Waals surface area contributed by atoms with E-state index in [1.54, 1.807) is 32.0 Å². The van der Waals surface area contributed by atoms with E-state index in [4.69, 9.17) is 9.47 Å². The van der Waals surface area contributed by atoms with E-state index >= 15 is 0 Å². The van der Waals surface area contributed by atoms with Gasteiger partial charge in [-0.25, -0.2) is 12.8 Å². The van der Waals surface area contributed by atoms with Crippen LogP contribution in [0.4, 0.5) is 4.39 Å². The number of carboxylic acid groups (broad SMARTS) is 1.